The van der Waals surface area contributed by atoms with Gasteiger partial charge in [0.2, 0.25) is 5.95 Å². The van der Waals surface area contributed by atoms with E-state index in [2.05, 4.69) is 43.5 Å². The van der Waals surface area contributed by atoms with Crippen LogP contribution in [0.3, 0.4) is 0 Å². The van der Waals surface area contributed by atoms with E-state index in [0.29, 0.717) is 11.8 Å². The molecule has 0 amide bonds. The lowest BCUT2D eigenvalue weighted by molar-refractivity contribution is -0.191. The highest BCUT2D eigenvalue weighted by Gasteiger charge is 2.08. The average Bonchev–Trinajstić information content (AvgIpc) is 2.95. The summed E-state index contributed by atoms with van der Waals surface area (Å²) >= 11 is 3.39. The molecule has 0 saturated heterocycles. The van der Waals surface area contributed by atoms with Gasteiger partial charge in [-0.25, -0.2) is 9.37 Å². The molecule has 1 atom stereocenters. The molecule has 0 radical (unpaired) electrons. The van der Waals surface area contributed by atoms with E-state index >= 15 is 0 Å². The van der Waals surface area contributed by atoms with Crippen molar-refractivity contribution in [2.24, 2.45) is 0 Å². The molecule has 3 aromatic rings. The van der Waals surface area contributed by atoms with E-state index in [1.54, 1.807) is 18.3 Å². The summed E-state index contributed by atoms with van der Waals surface area (Å²) in [5.41, 5.74) is 3.19. The average molecular weight is 610 g/mol. The molecule has 0 bridgehead atoms. The second kappa shape index (κ2) is 27.9. The Bertz CT molecular complexity index is 1030. The second-order valence-corrected chi connectivity index (χ2v) is 7.93. The normalized spacial score (nSPS) is 9.33. The van der Waals surface area contributed by atoms with Gasteiger partial charge in [-0.1, -0.05) is 79.2 Å². The van der Waals surface area contributed by atoms with Gasteiger partial charge in [0.15, 0.2) is 0 Å². The molecule has 9 heteroatoms. The van der Waals surface area contributed by atoms with E-state index in [0.717, 1.165) is 28.6 Å². The number of aromatic nitrogens is 2. The van der Waals surface area contributed by atoms with Crippen LogP contribution < -0.4 is 10.6 Å². The van der Waals surface area contributed by atoms with Crippen LogP contribution in [0, 0.1) is 12.7 Å². The Balaban J connectivity index is -0.000000571. The van der Waals surface area contributed by atoms with Crippen LogP contribution in [0.25, 0.3) is 0 Å². The lowest BCUT2D eigenvalue weighted by Gasteiger charge is -2.14. The van der Waals surface area contributed by atoms with Gasteiger partial charge >= 0.3 is 6.15 Å². The summed E-state index contributed by atoms with van der Waals surface area (Å²) in [6.45, 7) is 18.0. The number of aliphatic hydroxyl groups excluding tert-OH is 1. The molecule has 2 aromatic carbocycles. The molecule has 3 N–H and O–H groups in total. The Morgan fingerprint density at radius 2 is 1.62 bits per heavy atom. The van der Waals surface area contributed by atoms with Gasteiger partial charge in [0, 0.05) is 17.9 Å². The Morgan fingerprint density at radius 3 is 2.13 bits per heavy atom. The van der Waals surface area contributed by atoms with Crippen LogP contribution in [0.4, 0.5) is 21.8 Å². The lowest BCUT2D eigenvalue weighted by Crippen LogP contribution is -2.20. The first-order valence-electron chi connectivity index (χ1n) is 13.3. The van der Waals surface area contributed by atoms with Crippen LogP contribution in [-0.2, 0) is 16.0 Å². The Hall–Kier alpha value is -3.13. The predicted molar refractivity (Wildman–Crippen MR) is 164 cm³/mol. The molecule has 0 spiro atoms. The summed E-state index contributed by atoms with van der Waals surface area (Å²) < 4.78 is 13.2. The minimum absolute atomic E-state index is 0.0388. The molecule has 0 fully saturated rings. The summed E-state index contributed by atoms with van der Waals surface area (Å²) in [6.07, 6.45) is 3.97. The summed E-state index contributed by atoms with van der Waals surface area (Å²) in [5, 5.41) is 15.4. The maximum atomic E-state index is 12.5. The van der Waals surface area contributed by atoms with Crippen molar-refractivity contribution < 1.29 is 19.1 Å². The van der Waals surface area contributed by atoms with Crippen LogP contribution >= 0.6 is 15.9 Å². The number of halogens is 2. The van der Waals surface area contributed by atoms with Crippen molar-refractivity contribution in [3.05, 3.63) is 76.1 Å². The highest BCUT2D eigenvalue weighted by atomic mass is 79.9. The molecule has 0 aliphatic heterocycles. The van der Waals surface area contributed by atoms with Gasteiger partial charge in [-0.2, -0.15) is 14.6 Å². The van der Waals surface area contributed by atoms with Crippen molar-refractivity contribution in [3.63, 3.8) is 0 Å². The van der Waals surface area contributed by atoms with Gasteiger partial charge in [-0.15, -0.1) is 0 Å². The first kappa shape index (κ1) is 40.4. The van der Waals surface area contributed by atoms with Crippen molar-refractivity contribution in [2.75, 3.05) is 17.2 Å². The van der Waals surface area contributed by atoms with E-state index in [1.165, 1.54) is 11.6 Å². The van der Waals surface area contributed by atoms with E-state index in [4.69, 9.17) is 14.7 Å². The molecular weight excluding hydrogens is 563 g/mol. The number of anilines is 3. The second-order valence-electron chi connectivity index (χ2n) is 7.08. The number of nitrogens with one attached hydrogen (secondary N) is 2. The SMILES string of the molecule is CC.CC.CC.CCCc1cccc(F)c1.Cc1cccc(Nc2ncc(Br)c(NC(C)CO)n2)c1.O=C=O. The van der Waals surface area contributed by atoms with Crippen LogP contribution in [0.1, 0.15) is 72.9 Å². The third-order valence-corrected chi connectivity index (χ3v) is 4.68. The number of rotatable bonds is 7. The minimum atomic E-state index is -0.133. The fourth-order valence-corrected chi connectivity index (χ4v) is 2.95. The van der Waals surface area contributed by atoms with E-state index in [-0.39, 0.29) is 24.6 Å². The number of aryl methyl sites for hydroxylation is 2. The van der Waals surface area contributed by atoms with Crippen molar-refractivity contribution in [1.29, 1.82) is 0 Å². The third-order valence-electron chi connectivity index (χ3n) is 4.10. The van der Waals surface area contributed by atoms with Crippen LogP contribution in [0.15, 0.2) is 59.2 Å². The molecule has 3 rings (SSSR count). The molecule has 7 nitrogen and oxygen atoms in total. The summed E-state index contributed by atoms with van der Waals surface area (Å²) in [4.78, 5) is 24.9. The number of nitrogens with zero attached hydrogens (tertiary/aromatic N) is 2. The fourth-order valence-electron chi connectivity index (χ4n) is 2.64. The first-order valence-corrected chi connectivity index (χ1v) is 14.1. The number of hydrogen-bond donors (Lipinski definition) is 3. The number of hydrogen-bond acceptors (Lipinski definition) is 7. The minimum Gasteiger partial charge on any atom is -0.394 e. The first-order chi connectivity index (χ1) is 18.8. The Labute approximate surface area is 242 Å². The quantitative estimate of drug-likeness (QED) is 0.247. The predicted octanol–water partition coefficient (Wildman–Crippen LogP) is 8.36. The van der Waals surface area contributed by atoms with Crippen molar-refractivity contribution >= 4 is 39.5 Å². The molecule has 1 unspecified atom stereocenters. The summed E-state index contributed by atoms with van der Waals surface area (Å²) in [5.74, 6) is 1.02. The smallest absolute Gasteiger partial charge is 0.373 e. The third kappa shape index (κ3) is 20.5. The maximum Gasteiger partial charge on any atom is 0.373 e. The maximum absolute atomic E-state index is 12.5. The highest BCUT2D eigenvalue weighted by molar-refractivity contribution is 9.10. The monoisotopic (exact) mass is 608 g/mol. The Morgan fingerprint density at radius 1 is 1.03 bits per heavy atom. The molecule has 218 valence electrons. The van der Waals surface area contributed by atoms with Crippen molar-refractivity contribution in [2.45, 2.75) is 81.2 Å². The van der Waals surface area contributed by atoms with Crippen molar-refractivity contribution in [1.82, 2.24) is 9.97 Å². The van der Waals surface area contributed by atoms with E-state index < -0.39 is 0 Å². The molecule has 1 heterocycles. The highest BCUT2D eigenvalue weighted by Crippen LogP contribution is 2.22. The van der Waals surface area contributed by atoms with Gasteiger partial charge in [-0.05, 0) is 71.6 Å². The summed E-state index contributed by atoms with van der Waals surface area (Å²) in [7, 11) is 0. The van der Waals surface area contributed by atoms with Gasteiger partial charge in [-0.3, -0.25) is 0 Å². The molecule has 0 aliphatic carbocycles. The summed E-state index contributed by atoms with van der Waals surface area (Å²) in [6, 6.07) is 14.7. The molecule has 0 aliphatic rings. The van der Waals surface area contributed by atoms with Crippen LogP contribution in [0.2, 0.25) is 0 Å². The van der Waals surface area contributed by atoms with E-state index in [9.17, 15) is 4.39 Å². The number of carbonyl (C=O) groups excluding carboxylic acids is 2. The lowest BCUT2D eigenvalue weighted by atomic mass is 10.1. The zero-order valence-corrected chi connectivity index (χ0v) is 26.4. The van der Waals surface area contributed by atoms with Gasteiger partial charge in [0.05, 0.1) is 11.1 Å². The van der Waals surface area contributed by atoms with Gasteiger partial charge in [0.1, 0.15) is 11.6 Å². The molecule has 39 heavy (non-hydrogen) atoms. The topological polar surface area (TPSA) is 104 Å². The van der Waals surface area contributed by atoms with Crippen LogP contribution in [0.5, 0.6) is 0 Å². The Kier molecular flexibility index (Phi) is 28.9. The fraction of sp³-hybridized carbons (Fsp3) is 0.433. The largest absolute Gasteiger partial charge is 0.394 e. The van der Waals surface area contributed by atoms with Gasteiger partial charge in [0.25, 0.3) is 0 Å². The zero-order chi connectivity index (χ0) is 30.6. The zero-order valence-electron chi connectivity index (χ0n) is 24.8. The van der Waals surface area contributed by atoms with E-state index in [1.807, 2.05) is 85.7 Å². The number of aliphatic hydroxyl groups is 1. The molecule has 0 saturated carbocycles. The molecule has 1 aromatic heterocycles. The van der Waals surface area contributed by atoms with Crippen molar-refractivity contribution in [3.8, 4) is 0 Å². The molecular formula is C30H46BrFN4O3. The van der Waals surface area contributed by atoms with Gasteiger partial charge < -0.3 is 15.7 Å². The standard InChI is InChI=1S/C14H17BrN4O.C9H11F.3C2H6.CO2/c1-9-4-3-5-11(6-9)18-14-16-7-12(15)13(19-14)17-10(2)8-20;1-2-4-8-5-3-6-9(10)7-8;3*1-2;2-1-3/h3-7,10,20H,8H2,1-2H3,(H2,16,17,18,19);3,5-7H,2,4H2,1H3;3*1-2H3;. The number of benzene rings is 2. The van der Waals surface area contributed by atoms with Crippen LogP contribution in [-0.4, -0.2) is 33.9 Å².